The first-order valence-electron chi connectivity index (χ1n) is 6.44. The Hall–Kier alpha value is -1.59. The number of benzene rings is 2. The molecule has 0 saturated carbocycles. The molecule has 0 aliphatic rings. The SMILES string of the molecule is O=S(=O)(Nc1cccc(F)c1)c1ccc(CCCCl)cc1. The molecule has 0 aliphatic heterocycles. The van der Waals surface area contributed by atoms with Gasteiger partial charge in [0.05, 0.1) is 10.6 Å². The molecular formula is C15H15ClFNO2S. The molecule has 0 fully saturated rings. The number of sulfonamides is 1. The van der Waals surface area contributed by atoms with Crippen LogP contribution in [0.2, 0.25) is 0 Å². The molecule has 21 heavy (non-hydrogen) atoms. The van der Waals surface area contributed by atoms with Crippen molar-refractivity contribution in [3.05, 3.63) is 59.9 Å². The van der Waals surface area contributed by atoms with Crippen molar-refractivity contribution in [1.82, 2.24) is 0 Å². The van der Waals surface area contributed by atoms with Crippen molar-refractivity contribution in [1.29, 1.82) is 0 Å². The predicted octanol–water partition coefficient (Wildman–Crippen LogP) is 3.80. The van der Waals surface area contributed by atoms with E-state index in [9.17, 15) is 12.8 Å². The number of alkyl halides is 1. The molecule has 2 aromatic rings. The Morgan fingerprint density at radius 3 is 2.43 bits per heavy atom. The summed E-state index contributed by atoms with van der Waals surface area (Å²) < 4.78 is 39.8. The number of aryl methyl sites for hydroxylation is 1. The van der Waals surface area contributed by atoms with Crippen LogP contribution in [0.4, 0.5) is 10.1 Å². The minimum absolute atomic E-state index is 0.140. The van der Waals surface area contributed by atoms with E-state index in [0.717, 1.165) is 24.5 Å². The second-order valence-electron chi connectivity index (χ2n) is 4.55. The standard InChI is InChI=1S/C15H15ClFNO2S/c16-10-2-3-12-6-8-15(9-7-12)21(19,20)18-14-5-1-4-13(17)11-14/h1,4-9,11,18H,2-3,10H2. The van der Waals surface area contributed by atoms with Gasteiger partial charge in [0.15, 0.2) is 0 Å². The average Bonchev–Trinajstić information content (AvgIpc) is 2.45. The molecule has 2 aromatic carbocycles. The van der Waals surface area contributed by atoms with Crippen LogP contribution in [0.25, 0.3) is 0 Å². The number of rotatable bonds is 6. The van der Waals surface area contributed by atoms with Gasteiger partial charge < -0.3 is 0 Å². The first-order valence-corrected chi connectivity index (χ1v) is 8.46. The summed E-state index contributed by atoms with van der Waals surface area (Å²) in [4.78, 5) is 0.140. The lowest BCUT2D eigenvalue weighted by Crippen LogP contribution is -2.13. The lowest BCUT2D eigenvalue weighted by atomic mass is 10.1. The van der Waals surface area contributed by atoms with E-state index in [1.165, 1.54) is 30.3 Å². The minimum atomic E-state index is -3.71. The van der Waals surface area contributed by atoms with Crippen LogP contribution >= 0.6 is 11.6 Å². The van der Waals surface area contributed by atoms with E-state index in [1.54, 1.807) is 12.1 Å². The Morgan fingerprint density at radius 1 is 1.10 bits per heavy atom. The van der Waals surface area contributed by atoms with Gasteiger partial charge in [-0.1, -0.05) is 18.2 Å². The van der Waals surface area contributed by atoms with Crippen LogP contribution in [-0.4, -0.2) is 14.3 Å². The monoisotopic (exact) mass is 327 g/mol. The van der Waals surface area contributed by atoms with Gasteiger partial charge in [-0.05, 0) is 48.7 Å². The molecule has 3 nitrogen and oxygen atoms in total. The molecule has 0 unspecified atom stereocenters. The molecule has 0 spiro atoms. The maximum atomic E-state index is 13.1. The van der Waals surface area contributed by atoms with Crippen molar-refractivity contribution in [2.75, 3.05) is 10.6 Å². The van der Waals surface area contributed by atoms with Gasteiger partial charge in [-0.25, -0.2) is 12.8 Å². The van der Waals surface area contributed by atoms with Gasteiger partial charge in [0.25, 0.3) is 10.0 Å². The number of nitrogens with one attached hydrogen (secondary N) is 1. The molecule has 112 valence electrons. The molecule has 0 atom stereocenters. The molecule has 0 aromatic heterocycles. The Bertz CT molecular complexity index is 702. The molecular weight excluding hydrogens is 313 g/mol. The van der Waals surface area contributed by atoms with Gasteiger partial charge >= 0.3 is 0 Å². The Kier molecular flexibility index (Phi) is 5.20. The van der Waals surface area contributed by atoms with Gasteiger partial charge in [-0.2, -0.15) is 0 Å². The summed E-state index contributed by atoms with van der Waals surface area (Å²) in [6.07, 6.45) is 1.65. The Labute approximate surface area is 128 Å². The maximum Gasteiger partial charge on any atom is 0.261 e. The van der Waals surface area contributed by atoms with Gasteiger partial charge in [0.1, 0.15) is 5.82 Å². The quantitative estimate of drug-likeness (QED) is 0.820. The normalized spacial score (nSPS) is 11.3. The molecule has 0 amide bonds. The summed E-state index contributed by atoms with van der Waals surface area (Å²) in [6.45, 7) is 0. The summed E-state index contributed by atoms with van der Waals surface area (Å²) in [7, 11) is -3.71. The van der Waals surface area contributed by atoms with Crippen LogP contribution < -0.4 is 4.72 Å². The number of anilines is 1. The second kappa shape index (κ2) is 6.91. The molecule has 0 heterocycles. The molecule has 1 N–H and O–H groups in total. The first-order chi connectivity index (χ1) is 10.0. The van der Waals surface area contributed by atoms with E-state index in [4.69, 9.17) is 11.6 Å². The highest BCUT2D eigenvalue weighted by molar-refractivity contribution is 7.92. The van der Waals surface area contributed by atoms with Crippen LogP contribution in [0.1, 0.15) is 12.0 Å². The van der Waals surface area contributed by atoms with Crippen molar-refractivity contribution >= 4 is 27.3 Å². The fourth-order valence-corrected chi connectivity index (χ4v) is 3.06. The van der Waals surface area contributed by atoms with Crippen molar-refractivity contribution in [3.8, 4) is 0 Å². The first kappa shape index (κ1) is 15.8. The van der Waals surface area contributed by atoms with E-state index < -0.39 is 15.8 Å². The summed E-state index contributed by atoms with van der Waals surface area (Å²) in [5, 5.41) is 0. The van der Waals surface area contributed by atoms with Crippen LogP contribution in [0.5, 0.6) is 0 Å². The zero-order valence-corrected chi connectivity index (χ0v) is 12.8. The fraction of sp³-hybridized carbons (Fsp3) is 0.200. The van der Waals surface area contributed by atoms with Gasteiger partial charge in [0.2, 0.25) is 0 Å². The van der Waals surface area contributed by atoms with E-state index >= 15 is 0 Å². The second-order valence-corrected chi connectivity index (χ2v) is 6.61. The zero-order valence-electron chi connectivity index (χ0n) is 11.2. The van der Waals surface area contributed by atoms with Crippen LogP contribution in [0, 0.1) is 5.82 Å². The molecule has 0 bridgehead atoms. The summed E-state index contributed by atoms with van der Waals surface area (Å²) in [5.41, 5.74) is 1.22. The van der Waals surface area contributed by atoms with Crippen LogP contribution in [-0.2, 0) is 16.4 Å². The van der Waals surface area contributed by atoms with E-state index in [0.29, 0.717) is 5.88 Å². The summed E-state index contributed by atoms with van der Waals surface area (Å²) in [6, 6.07) is 11.9. The average molecular weight is 328 g/mol. The van der Waals surface area contributed by atoms with Gasteiger partial charge in [-0.15, -0.1) is 11.6 Å². The summed E-state index contributed by atoms with van der Waals surface area (Å²) in [5.74, 6) is 0.0767. The lowest BCUT2D eigenvalue weighted by molar-refractivity contribution is 0.601. The van der Waals surface area contributed by atoms with E-state index in [2.05, 4.69) is 4.72 Å². The summed E-state index contributed by atoms with van der Waals surface area (Å²) >= 11 is 5.62. The lowest BCUT2D eigenvalue weighted by Gasteiger charge is -2.09. The number of hydrogen-bond donors (Lipinski definition) is 1. The molecule has 0 aliphatic carbocycles. The Morgan fingerprint density at radius 2 is 1.81 bits per heavy atom. The fourth-order valence-electron chi connectivity index (χ4n) is 1.87. The van der Waals surface area contributed by atoms with Crippen LogP contribution in [0.3, 0.4) is 0 Å². The predicted molar refractivity (Wildman–Crippen MR) is 82.7 cm³/mol. The Balaban J connectivity index is 2.15. The highest BCUT2D eigenvalue weighted by Gasteiger charge is 2.14. The van der Waals surface area contributed by atoms with Crippen molar-refractivity contribution in [2.24, 2.45) is 0 Å². The van der Waals surface area contributed by atoms with E-state index in [1.807, 2.05) is 0 Å². The number of halogens is 2. The third kappa shape index (κ3) is 4.44. The molecule has 6 heteroatoms. The van der Waals surface area contributed by atoms with Crippen molar-refractivity contribution in [2.45, 2.75) is 17.7 Å². The van der Waals surface area contributed by atoms with Crippen LogP contribution in [0.15, 0.2) is 53.4 Å². The van der Waals surface area contributed by atoms with Gasteiger partial charge in [0, 0.05) is 5.88 Å². The van der Waals surface area contributed by atoms with Crippen molar-refractivity contribution in [3.63, 3.8) is 0 Å². The molecule has 0 saturated heterocycles. The smallest absolute Gasteiger partial charge is 0.261 e. The maximum absolute atomic E-state index is 13.1. The zero-order chi connectivity index (χ0) is 15.3. The molecule has 2 rings (SSSR count). The largest absolute Gasteiger partial charge is 0.280 e. The number of hydrogen-bond acceptors (Lipinski definition) is 2. The third-order valence-corrected chi connectivity index (χ3v) is 4.57. The van der Waals surface area contributed by atoms with Crippen molar-refractivity contribution < 1.29 is 12.8 Å². The topological polar surface area (TPSA) is 46.2 Å². The van der Waals surface area contributed by atoms with E-state index in [-0.39, 0.29) is 10.6 Å². The minimum Gasteiger partial charge on any atom is -0.280 e. The third-order valence-electron chi connectivity index (χ3n) is 2.91. The highest BCUT2D eigenvalue weighted by atomic mass is 35.5. The molecule has 0 radical (unpaired) electrons. The highest BCUT2D eigenvalue weighted by Crippen LogP contribution is 2.17. The van der Waals surface area contributed by atoms with Gasteiger partial charge in [-0.3, -0.25) is 4.72 Å².